The fourth-order valence-electron chi connectivity index (χ4n) is 2.50. The Hall–Kier alpha value is -1.43. The molecule has 1 N–H and O–H groups in total. The Morgan fingerprint density at radius 3 is 3.10 bits per heavy atom. The number of H-pyrrole nitrogens is 1. The number of halogens is 2. The summed E-state index contributed by atoms with van der Waals surface area (Å²) in [4.78, 5) is 9.67. The molecule has 112 valence electrons. The molecule has 3 rings (SSSR count). The number of hydrogen-bond acceptors (Lipinski definition) is 3. The van der Waals surface area contributed by atoms with Gasteiger partial charge in [-0.2, -0.15) is 0 Å². The van der Waals surface area contributed by atoms with Crippen LogP contribution in [-0.4, -0.2) is 34.6 Å². The zero-order valence-corrected chi connectivity index (χ0v) is 12.5. The van der Waals surface area contributed by atoms with Gasteiger partial charge in [-0.15, -0.1) is 0 Å². The van der Waals surface area contributed by atoms with Crippen molar-refractivity contribution < 1.29 is 9.13 Å². The van der Waals surface area contributed by atoms with E-state index in [-0.39, 0.29) is 11.9 Å². The Bertz CT molecular complexity index is 631. The van der Waals surface area contributed by atoms with Crippen molar-refractivity contribution in [3.05, 3.63) is 52.3 Å². The molecule has 6 heteroatoms. The Labute approximate surface area is 127 Å². The summed E-state index contributed by atoms with van der Waals surface area (Å²) in [5, 5.41) is 0.419. The van der Waals surface area contributed by atoms with Gasteiger partial charge >= 0.3 is 0 Å². The minimum Gasteiger partial charge on any atom is -0.368 e. The quantitative estimate of drug-likeness (QED) is 0.947. The van der Waals surface area contributed by atoms with E-state index in [1.165, 1.54) is 6.07 Å². The number of aromatic amines is 1. The van der Waals surface area contributed by atoms with Crippen molar-refractivity contribution in [3.8, 4) is 0 Å². The predicted octanol–water partition coefficient (Wildman–Crippen LogP) is 3.08. The Morgan fingerprint density at radius 2 is 2.38 bits per heavy atom. The summed E-state index contributed by atoms with van der Waals surface area (Å²) in [6.45, 7) is 4.58. The highest BCUT2D eigenvalue weighted by atomic mass is 35.5. The van der Waals surface area contributed by atoms with Crippen molar-refractivity contribution in [3.63, 3.8) is 0 Å². The van der Waals surface area contributed by atoms with Crippen LogP contribution in [0.4, 0.5) is 4.39 Å². The molecule has 0 unspecified atom stereocenters. The Kier molecular flexibility index (Phi) is 4.24. The molecule has 1 aromatic heterocycles. The number of hydrogen-bond donors (Lipinski definition) is 1. The van der Waals surface area contributed by atoms with Crippen molar-refractivity contribution in [1.82, 2.24) is 14.9 Å². The first-order valence-corrected chi connectivity index (χ1v) is 7.29. The van der Waals surface area contributed by atoms with Crippen molar-refractivity contribution in [2.24, 2.45) is 0 Å². The maximum atomic E-state index is 13.9. The molecular formula is C15H17ClFN3O. The first kappa shape index (κ1) is 14.5. The first-order valence-electron chi connectivity index (χ1n) is 6.91. The third-order valence-electron chi connectivity index (χ3n) is 3.59. The summed E-state index contributed by atoms with van der Waals surface area (Å²) in [7, 11) is 0. The molecule has 0 bridgehead atoms. The number of imidazole rings is 1. The summed E-state index contributed by atoms with van der Waals surface area (Å²) in [6.07, 6.45) is 1.69. The lowest BCUT2D eigenvalue weighted by molar-refractivity contribution is -0.0371. The first-order chi connectivity index (χ1) is 10.1. The van der Waals surface area contributed by atoms with E-state index >= 15 is 0 Å². The molecule has 2 aromatic rings. The van der Waals surface area contributed by atoms with Gasteiger partial charge in [-0.05, 0) is 19.1 Å². The van der Waals surface area contributed by atoms with Gasteiger partial charge in [0.1, 0.15) is 17.7 Å². The number of aromatic nitrogens is 2. The maximum Gasteiger partial charge on any atom is 0.136 e. The molecule has 21 heavy (non-hydrogen) atoms. The van der Waals surface area contributed by atoms with Crippen molar-refractivity contribution in [1.29, 1.82) is 0 Å². The smallest absolute Gasteiger partial charge is 0.136 e. The normalized spacial score (nSPS) is 19.9. The van der Waals surface area contributed by atoms with Gasteiger partial charge in [0.2, 0.25) is 0 Å². The second kappa shape index (κ2) is 6.13. The Morgan fingerprint density at radius 1 is 1.52 bits per heavy atom. The molecule has 1 saturated heterocycles. The molecule has 1 aliphatic rings. The standard InChI is InChI=1S/C15H17ClFN3O/c1-10-7-18-15(19-10)14-9-20(4-5-21-14)8-11-2-3-12(16)6-13(11)17/h2-3,6-7,14H,4-5,8-9H2,1H3,(H,18,19)/t14-/m1/s1. The highest BCUT2D eigenvalue weighted by molar-refractivity contribution is 6.30. The lowest BCUT2D eigenvalue weighted by atomic mass is 10.1. The van der Waals surface area contributed by atoms with E-state index in [1.54, 1.807) is 18.3 Å². The fraction of sp³-hybridized carbons (Fsp3) is 0.400. The van der Waals surface area contributed by atoms with Crippen LogP contribution in [0.1, 0.15) is 23.2 Å². The molecule has 0 radical (unpaired) electrons. The van der Waals surface area contributed by atoms with Crippen LogP contribution in [0.3, 0.4) is 0 Å². The van der Waals surface area contributed by atoms with Gasteiger partial charge in [0, 0.05) is 42.1 Å². The monoisotopic (exact) mass is 309 g/mol. The van der Waals surface area contributed by atoms with Crippen LogP contribution in [-0.2, 0) is 11.3 Å². The van der Waals surface area contributed by atoms with E-state index in [0.717, 1.165) is 18.1 Å². The molecule has 1 aliphatic heterocycles. The van der Waals surface area contributed by atoms with Gasteiger partial charge in [0.15, 0.2) is 0 Å². The summed E-state index contributed by atoms with van der Waals surface area (Å²) < 4.78 is 19.6. The predicted molar refractivity (Wildman–Crippen MR) is 78.7 cm³/mol. The molecular weight excluding hydrogens is 293 g/mol. The van der Waals surface area contributed by atoms with Crippen molar-refractivity contribution in [2.75, 3.05) is 19.7 Å². The minimum absolute atomic E-state index is 0.0946. The van der Waals surface area contributed by atoms with Crippen LogP contribution in [0, 0.1) is 12.7 Å². The molecule has 0 amide bonds. The van der Waals surface area contributed by atoms with E-state index in [0.29, 0.717) is 30.3 Å². The molecule has 1 fully saturated rings. The van der Waals surface area contributed by atoms with Crippen LogP contribution in [0.2, 0.25) is 5.02 Å². The summed E-state index contributed by atoms with van der Waals surface area (Å²) >= 11 is 5.78. The van der Waals surface area contributed by atoms with E-state index in [9.17, 15) is 4.39 Å². The zero-order valence-electron chi connectivity index (χ0n) is 11.8. The molecule has 4 nitrogen and oxygen atoms in total. The third-order valence-corrected chi connectivity index (χ3v) is 3.82. The highest BCUT2D eigenvalue weighted by Crippen LogP contribution is 2.22. The second-order valence-electron chi connectivity index (χ2n) is 5.28. The summed E-state index contributed by atoms with van der Waals surface area (Å²) in [5.41, 5.74) is 1.66. The van der Waals surface area contributed by atoms with Gasteiger partial charge in [-0.1, -0.05) is 17.7 Å². The lowest BCUT2D eigenvalue weighted by Crippen LogP contribution is -2.38. The van der Waals surface area contributed by atoms with Crippen LogP contribution in [0.15, 0.2) is 24.4 Å². The fourth-order valence-corrected chi connectivity index (χ4v) is 2.66. The van der Waals surface area contributed by atoms with E-state index in [1.807, 2.05) is 6.92 Å². The SMILES string of the molecule is Cc1cnc([C@H]2CN(Cc3ccc(Cl)cc3F)CCO2)[nH]1. The number of aryl methyl sites for hydroxylation is 1. The average Bonchev–Trinajstić information content (AvgIpc) is 2.89. The lowest BCUT2D eigenvalue weighted by Gasteiger charge is -2.32. The van der Waals surface area contributed by atoms with Crippen LogP contribution in [0.5, 0.6) is 0 Å². The molecule has 0 saturated carbocycles. The second-order valence-corrected chi connectivity index (χ2v) is 5.72. The summed E-state index contributed by atoms with van der Waals surface area (Å²) in [6, 6.07) is 4.80. The van der Waals surface area contributed by atoms with Gasteiger partial charge in [-0.25, -0.2) is 9.37 Å². The average molecular weight is 310 g/mol. The maximum absolute atomic E-state index is 13.9. The Balaban J connectivity index is 1.68. The zero-order chi connectivity index (χ0) is 14.8. The number of ether oxygens (including phenoxy) is 1. The van der Waals surface area contributed by atoms with Crippen molar-refractivity contribution in [2.45, 2.75) is 19.6 Å². The van der Waals surface area contributed by atoms with E-state index in [2.05, 4.69) is 14.9 Å². The minimum atomic E-state index is -0.264. The molecule has 1 atom stereocenters. The number of nitrogens with one attached hydrogen (secondary N) is 1. The number of nitrogens with zero attached hydrogens (tertiary/aromatic N) is 2. The highest BCUT2D eigenvalue weighted by Gasteiger charge is 2.24. The van der Waals surface area contributed by atoms with Gasteiger partial charge in [0.25, 0.3) is 0 Å². The van der Waals surface area contributed by atoms with E-state index in [4.69, 9.17) is 16.3 Å². The molecule has 1 aromatic carbocycles. The molecule has 2 heterocycles. The molecule has 0 aliphatic carbocycles. The third kappa shape index (κ3) is 3.43. The van der Waals surface area contributed by atoms with Gasteiger partial charge in [0.05, 0.1) is 6.61 Å². The number of morpholine rings is 1. The largest absolute Gasteiger partial charge is 0.368 e. The summed E-state index contributed by atoms with van der Waals surface area (Å²) in [5.74, 6) is 0.563. The van der Waals surface area contributed by atoms with Crippen LogP contribution >= 0.6 is 11.6 Å². The van der Waals surface area contributed by atoms with Crippen LogP contribution in [0.25, 0.3) is 0 Å². The van der Waals surface area contributed by atoms with E-state index < -0.39 is 0 Å². The van der Waals surface area contributed by atoms with Crippen LogP contribution < -0.4 is 0 Å². The van der Waals surface area contributed by atoms with Gasteiger partial charge < -0.3 is 9.72 Å². The number of rotatable bonds is 3. The number of benzene rings is 1. The van der Waals surface area contributed by atoms with Crippen molar-refractivity contribution >= 4 is 11.6 Å². The topological polar surface area (TPSA) is 41.2 Å². The molecule has 0 spiro atoms. The van der Waals surface area contributed by atoms with Gasteiger partial charge in [-0.3, -0.25) is 4.90 Å².